The first-order valence-corrected chi connectivity index (χ1v) is 28.6. The first kappa shape index (κ1) is 53.0. The summed E-state index contributed by atoms with van der Waals surface area (Å²) >= 11 is 7.10. The minimum absolute atomic E-state index is 0.0589. The first-order valence-electron chi connectivity index (χ1n) is 25.9. The van der Waals surface area contributed by atoms with Gasteiger partial charge in [0.15, 0.2) is 11.5 Å². The van der Waals surface area contributed by atoms with Gasteiger partial charge in [0.1, 0.15) is 17.3 Å². The lowest BCUT2D eigenvalue weighted by atomic mass is 9.94. The third-order valence-electron chi connectivity index (χ3n) is 15.5. The third kappa shape index (κ3) is 11.0. The Morgan fingerprint density at radius 1 is 0.896 bits per heavy atom. The Balaban J connectivity index is 0.622. The number of piperazine rings is 1. The van der Waals surface area contributed by atoms with Gasteiger partial charge in [0, 0.05) is 71.0 Å². The zero-order valence-corrected chi connectivity index (χ0v) is 45.4. The number of imide groups is 1. The van der Waals surface area contributed by atoms with Crippen LogP contribution in [0, 0.1) is 25.7 Å². The van der Waals surface area contributed by atoms with E-state index in [-0.39, 0.29) is 77.9 Å². The molecule has 15 nitrogen and oxygen atoms in total. The summed E-state index contributed by atoms with van der Waals surface area (Å²) in [5, 5.41) is 6.44. The van der Waals surface area contributed by atoms with Crippen LogP contribution in [0.5, 0.6) is 11.5 Å². The number of aryl methyl sites for hydroxylation is 2. The van der Waals surface area contributed by atoms with Gasteiger partial charge >= 0.3 is 6.29 Å². The Morgan fingerprint density at radius 3 is 2.43 bits per heavy atom. The number of fused-ring (bicyclic) bond motifs is 3. The maximum absolute atomic E-state index is 13.7. The lowest BCUT2D eigenvalue weighted by molar-refractivity contribution is -0.286. The van der Waals surface area contributed by atoms with Crippen LogP contribution in [0.2, 0.25) is 5.02 Å². The molecule has 2 aliphatic carbocycles. The molecule has 0 spiro atoms. The van der Waals surface area contributed by atoms with E-state index in [2.05, 4.69) is 55.7 Å². The molecule has 6 aromatic rings. The van der Waals surface area contributed by atoms with Crippen LogP contribution in [0.4, 0.5) is 14.6 Å². The molecule has 402 valence electrons. The number of alkyl halides is 2. The number of anilines is 1. The standard InChI is InChI=1S/C57H58ClF2N7O8S2/c1-32-8-11-49(64-55(71)56(13-14-56)38-9-10-47-48(24-38)75-57(59,60)74-47)63-50(32)36-6-5-7-37(23-36)52(68)62-16-20-77(72)21-19-73-18-17-65-28-34(3)66(35(4)29-65)31-45-33(2)22-39(58)25-42(45)41-12-15-61-46-26-40(76-51(41)46)30-67-53(69)43-27-44(43)54(67)70/h5-12,15,22-26,34-35,43-44H,13-14,16-21,27-31H2,1-4H3,(H,62,68)(H,63,64,71)/t34-,35-,43?,44?,77?/m0/s1. The largest absolute Gasteiger partial charge is 0.616 e. The maximum Gasteiger partial charge on any atom is 0.586 e. The van der Waals surface area contributed by atoms with Crippen molar-refractivity contribution in [3.63, 3.8) is 0 Å². The van der Waals surface area contributed by atoms with E-state index in [9.17, 15) is 32.5 Å². The van der Waals surface area contributed by atoms with E-state index in [0.29, 0.717) is 71.5 Å². The quantitative estimate of drug-likeness (QED) is 0.0448. The van der Waals surface area contributed by atoms with Crippen molar-refractivity contribution in [3.05, 3.63) is 123 Å². The van der Waals surface area contributed by atoms with E-state index in [1.54, 1.807) is 41.7 Å². The molecule has 0 bridgehead atoms. The molecule has 2 saturated heterocycles. The molecule has 2 N–H and O–H groups in total. The summed E-state index contributed by atoms with van der Waals surface area (Å²) in [5.41, 5.74) is 7.30. The number of thiophene rings is 1. The van der Waals surface area contributed by atoms with Gasteiger partial charge < -0.3 is 29.4 Å². The monoisotopic (exact) mass is 1110 g/mol. The van der Waals surface area contributed by atoms with Crippen molar-refractivity contribution in [3.8, 4) is 33.9 Å². The number of amides is 4. The minimum atomic E-state index is -3.76. The number of hydrogen-bond donors (Lipinski definition) is 2. The van der Waals surface area contributed by atoms with Crippen molar-refractivity contribution >= 4 is 73.8 Å². The zero-order valence-electron chi connectivity index (χ0n) is 43.0. The van der Waals surface area contributed by atoms with Crippen LogP contribution in [-0.4, -0.2) is 122 Å². The second kappa shape index (κ2) is 21.3. The first-order chi connectivity index (χ1) is 36.9. The fraction of sp³-hybridized carbons (Fsp3) is 0.404. The summed E-state index contributed by atoms with van der Waals surface area (Å²) in [4.78, 5) is 69.1. The molecule has 4 fully saturated rings. The molecule has 3 aliphatic heterocycles. The highest BCUT2D eigenvalue weighted by Crippen LogP contribution is 2.53. The molecule has 5 atom stereocenters. The highest BCUT2D eigenvalue weighted by Gasteiger charge is 2.59. The summed E-state index contributed by atoms with van der Waals surface area (Å²) in [5.74, 6) is -0.303. The lowest BCUT2D eigenvalue weighted by Crippen LogP contribution is -2.56. The summed E-state index contributed by atoms with van der Waals surface area (Å²) in [6.45, 7) is 13.0. The van der Waals surface area contributed by atoms with Crippen molar-refractivity contribution in [1.29, 1.82) is 0 Å². The van der Waals surface area contributed by atoms with Crippen molar-refractivity contribution in [2.45, 2.75) is 83.8 Å². The molecule has 3 unspecified atom stereocenters. The van der Waals surface area contributed by atoms with Crippen molar-refractivity contribution in [1.82, 2.24) is 30.0 Å². The molecule has 2 saturated carbocycles. The maximum atomic E-state index is 13.7. The molecule has 3 aromatic heterocycles. The highest BCUT2D eigenvalue weighted by molar-refractivity contribution is 7.91. The third-order valence-corrected chi connectivity index (χ3v) is 18.1. The van der Waals surface area contributed by atoms with Gasteiger partial charge in [-0.1, -0.05) is 35.9 Å². The second-order valence-electron chi connectivity index (χ2n) is 20.9. The van der Waals surface area contributed by atoms with Gasteiger partial charge in [-0.2, -0.15) is 0 Å². The van der Waals surface area contributed by atoms with Gasteiger partial charge in [-0.05, 0) is 141 Å². The number of rotatable bonds is 19. The van der Waals surface area contributed by atoms with E-state index in [1.807, 2.05) is 49.5 Å². The van der Waals surface area contributed by atoms with Crippen LogP contribution in [0.3, 0.4) is 0 Å². The number of nitrogens with one attached hydrogen (secondary N) is 2. The number of piperidine rings is 1. The SMILES string of the molecule is Cc1ccc(NC(=O)C2(c3ccc4c(c3)OC(F)(F)O4)CC2)nc1-c1cccc(C(=O)NCC[S+]([O-])CCOCCN2C[C@H](C)N(Cc3c(C)cc(Cl)cc3-c3ccnc4cc(CN5C(=O)C6CC6C5=O)sc34)[C@@H](C)C2)c1. The van der Waals surface area contributed by atoms with Gasteiger partial charge in [-0.15, -0.1) is 20.1 Å². The smallest absolute Gasteiger partial charge is 0.586 e. The Kier molecular flexibility index (Phi) is 14.6. The molecule has 4 amide bonds. The zero-order chi connectivity index (χ0) is 53.9. The van der Waals surface area contributed by atoms with Gasteiger partial charge in [0.2, 0.25) is 17.7 Å². The fourth-order valence-corrected chi connectivity index (χ4v) is 13.3. The Bertz CT molecular complexity index is 3290. The summed E-state index contributed by atoms with van der Waals surface area (Å²) in [6, 6.07) is 23.5. The molecule has 0 radical (unpaired) electrons. The van der Waals surface area contributed by atoms with Crippen LogP contribution in [0.25, 0.3) is 32.6 Å². The average Bonchev–Trinajstić information content (AvgIpc) is 4.42. The number of carbonyl (C=O) groups is 4. The number of ether oxygens (including phenoxy) is 3. The number of nitrogens with zero attached hydrogens (tertiary/aromatic N) is 5. The number of carbonyl (C=O) groups excluding carboxylic acids is 4. The molecule has 3 aromatic carbocycles. The number of aromatic nitrogens is 2. The van der Waals surface area contributed by atoms with E-state index in [4.69, 9.17) is 21.3 Å². The minimum Gasteiger partial charge on any atom is -0.616 e. The predicted molar refractivity (Wildman–Crippen MR) is 290 cm³/mol. The number of hydrogen-bond acceptors (Lipinski definition) is 13. The van der Waals surface area contributed by atoms with Gasteiger partial charge in [0.25, 0.3) is 5.91 Å². The van der Waals surface area contributed by atoms with E-state index in [0.717, 1.165) is 63.5 Å². The van der Waals surface area contributed by atoms with E-state index < -0.39 is 22.9 Å². The van der Waals surface area contributed by atoms with Crippen LogP contribution in [0.1, 0.15) is 70.6 Å². The van der Waals surface area contributed by atoms with E-state index >= 15 is 0 Å². The molecule has 77 heavy (non-hydrogen) atoms. The predicted octanol–water partition coefficient (Wildman–Crippen LogP) is 8.88. The highest BCUT2D eigenvalue weighted by atomic mass is 35.5. The van der Waals surface area contributed by atoms with Crippen LogP contribution in [-0.2, 0) is 48.8 Å². The fourth-order valence-electron chi connectivity index (χ4n) is 11.1. The number of halogens is 3. The van der Waals surface area contributed by atoms with Crippen molar-refractivity contribution in [2.24, 2.45) is 11.8 Å². The van der Waals surface area contributed by atoms with Gasteiger partial charge in [0.05, 0.1) is 59.5 Å². The lowest BCUT2D eigenvalue weighted by Gasteiger charge is -2.45. The van der Waals surface area contributed by atoms with Gasteiger partial charge in [-0.3, -0.25) is 38.9 Å². The molecular weight excluding hydrogens is 1050 g/mol. The molecule has 11 rings (SSSR count). The molecule has 20 heteroatoms. The van der Waals surface area contributed by atoms with Crippen molar-refractivity contribution in [2.75, 3.05) is 56.2 Å². The van der Waals surface area contributed by atoms with Crippen molar-refractivity contribution < 1.29 is 46.7 Å². The van der Waals surface area contributed by atoms with Gasteiger partial charge in [-0.25, -0.2) is 4.98 Å². The van der Waals surface area contributed by atoms with Crippen LogP contribution >= 0.6 is 22.9 Å². The Labute approximate surface area is 456 Å². The Morgan fingerprint density at radius 2 is 1.66 bits per heavy atom. The van der Waals surface area contributed by atoms with Crippen LogP contribution < -0.4 is 20.1 Å². The normalized spacial score (nSPS) is 21.6. The summed E-state index contributed by atoms with van der Waals surface area (Å²) < 4.78 is 56.4. The average molecular weight is 1110 g/mol. The van der Waals surface area contributed by atoms with Crippen LogP contribution in [0.15, 0.2) is 85.1 Å². The summed E-state index contributed by atoms with van der Waals surface area (Å²) in [6.07, 6.45) is -0.213. The topological polar surface area (TPSA) is 179 Å². The second-order valence-corrected chi connectivity index (χ2v) is 24.2. The summed E-state index contributed by atoms with van der Waals surface area (Å²) in [7, 11) is 0. The molecular formula is C57H58ClF2N7O8S2. The number of likely N-dealkylation sites (tertiary alicyclic amines) is 1. The molecule has 5 aliphatic rings. The Hall–Kier alpha value is -6.06. The van der Waals surface area contributed by atoms with E-state index in [1.165, 1.54) is 22.6 Å². The number of pyridine rings is 2. The molecule has 6 heterocycles. The number of benzene rings is 3.